The number of nitrogens with zero attached hydrogens (tertiary/aromatic N) is 1. The van der Waals surface area contributed by atoms with E-state index in [4.69, 9.17) is 0 Å². The highest BCUT2D eigenvalue weighted by atomic mass is 16.2. The molecule has 2 atom stereocenters. The molecule has 0 spiro atoms. The van der Waals surface area contributed by atoms with Crippen LogP contribution in [0, 0.1) is 5.92 Å². The molecular weight excluding hydrogens is 300 g/mol. The highest BCUT2D eigenvalue weighted by molar-refractivity contribution is 6.26. The number of nitrogens with one attached hydrogen (secondary N) is 1. The maximum atomic E-state index is 12.7. The van der Waals surface area contributed by atoms with E-state index in [0.717, 1.165) is 22.9 Å². The Balaban J connectivity index is 1.55. The van der Waals surface area contributed by atoms with E-state index in [9.17, 15) is 9.59 Å². The van der Waals surface area contributed by atoms with Crippen molar-refractivity contribution in [1.82, 2.24) is 5.32 Å². The van der Waals surface area contributed by atoms with Crippen molar-refractivity contribution in [1.29, 1.82) is 0 Å². The monoisotopic (exact) mass is 322 g/mol. The summed E-state index contributed by atoms with van der Waals surface area (Å²) >= 11 is 0. The Kier molecular flexibility index (Phi) is 3.75. The summed E-state index contributed by atoms with van der Waals surface area (Å²) < 4.78 is 0. The summed E-state index contributed by atoms with van der Waals surface area (Å²) in [5, 5.41) is 5.15. The fourth-order valence-electron chi connectivity index (χ4n) is 4.06. The molecule has 1 aliphatic carbocycles. The molecule has 1 saturated carbocycles. The number of carbonyl (C=O) groups excluding carboxylic acids is 2. The Labute approximate surface area is 141 Å². The molecular formula is C20H22N2O2. The van der Waals surface area contributed by atoms with Crippen LogP contribution in [-0.2, 0) is 4.79 Å². The highest BCUT2D eigenvalue weighted by Crippen LogP contribution is 2.36. The van der Waals surface area contributed by atoms with E-state index in [1.807, 2.05) is 36.4 Å². The molecule has 2 aromatic carbocycles. The van der Waals surface area contributed by atoms with Crippen molar-refractivity contribution in [2.24, 2.45) is 5.92 Å². The number of hydrogen-bond donors (Lipinski definition) is 1. The summed E-state index contributed by atoms with van der Waals surface area (Å²) in [7, 11) is 0. The van der Waals surface area contributed by atoms with Gasteiger partial charge in [0.1, 0.15) is 6.54 Å². The molecule has 0 unspecified atom stereocenters. The van der Waals surface area contributed by atoms with Crippen molar-refractivity contribution in [3.8, 4) is 0 Å². The third-order valence-electron chi connectivity index (χ3n) is 5.41. The standard InChI is InChI=1S/C20H22N2O2/c1-13-6-2-3-10-16(13)21-18(23)12-22-17-11-5-8-14-7-4-9-15(19(14)17)20(22)24/h4-5,7-9,11,13,16H,2-3,6,10,12H2,1H3,(H,21,23)/t13-,16-/m1/s1. The minimum atomic E-state index is -0.0753. The Morgan fingerprint density at radius 2 is 1.92 bits per heavy atom. The van der Waals surface area contributed by atoms with Crippen LogP contribution in [0.1, 0.15) is 43.0 Å². The first kappa shape index (κ1) is 15.2. The van der Waals surface area contributed by atoms with Gasteiger partial charge in [-0.15, -0.1) is 0 Å². The molecule has 4 nitrogen and oxygen atoms in total. The zero-order valence-corrected chi connectivity index (χ0v) is 13.9. The second-order valence-electron chi connectivity index (χ2n) is 7.01. The van der Waals surface area contributed by atoms with Crippen LogP contribution in [-0.4, -0.2) is 24.4 Å². The molecule has 1 fully saturated rings. The molecule has 4 heteroatoms. The van der Waals surface area contributed by atoms with Crippen LogP contribution in [0.3, 0.4) is 0 Å². The lowest BCUT2D eigenvalue weighted by Gasteiger charge is -2.30. The zero-order valence-electron chi connectivity index (χ0n) is 13.9. The molecule has 124 valence electrons. The predicted molar refractivity (Wildman–Crippen MR) is 95.2 cm³/mol. The molecule has 1 N–H and O–H groups in total. The van der Waals surface area contributed by atoms with E-state index in [-0.39, 0.29) is 24.4 Å². The number of hydrogen-bond acceptors (Lipinski definition) is 2. The molecule has 2 aromatic rings. The average Bonchev–Trinajstić information content (AvgIpc) is 2.85. The smallest absolute Gasteiger partial charge is 0.259 e. The van der Waals surface area contributed by atoms with Crippen molar-refractivity contribution in [3.05, 3.63) is 42.0 Å². The van der Waals surface area contributed by atoms with Gasteiger partial charge in [0, 0.05) is 17.0 Å². The summed E-state index contributed by atoms with van der Waals surface area (Å²) in [6.07, 6.45) is 4.62. The minimum absolute atomic E-state index is 0.0630. The maximum absolute atomic E-state index is 12.7. The lowest BCUT2D eigenvalue weighted by Crippen LogP contribution is -2.46. The van der Waals surface area contributed by atoms with Crippen LogP contribution < -0.4 is 10.2 Å². The summed E-state index contributed by atoms with van der Waals surface area (Å²) in [4.78, 5) is 26.9. The van der Waals surface area contributed by atoms with Gasteiger partial charge in [-0.05, 0) is 36.3 Å². The summed E-state index contributed by atoms with van der Waals surface area (Å²) in [5.74, 6) is 0.373. The highest BCUT2D eigenvalue weighted by Gasteiger charge is 2.31. The Morgan fingerprint density at radius 1 is 1.17 bits per heavy atom. The first-order valence-corrected chi connectivity index (χ1v) is 8.78. The first-order valence-electron chi connectivity index (χ1n) is 8.78. The van der Waals surface area contributed by atoms with Crippen molar-refractivity contribution < 1.29 is 9.59 Å². The second kappa shape index (κ2) is 5.93. The fraction of sp³-hybridized carbons (Fsp3) is 0.400. The molecule has 2 aliphatic rings. The van der Waals surface area contributed by atoms with E-state index in [1.165, 1.54) is 19.3 Å². The number of benzene rings is 2. The van der Waals surface area contributed by atoms with Crippen LogP contribution in [0.4, 0.5) is 5.69 Å². The number of carbonyl (C=O) groups is 2. The van der Waals surface area contributed by atoms with Crippen LogP contribution in [0.25, 0.3) is 10.8 Å². The minimum Gasteiger partial charge on any atom is -0.352 e. The number of rotatable bonds is 3. The van der Waals surface area contributed by atoms with Gasteiger partial charge in [-0.25, -0.2) is 0 Å². The SMILES string of the molecule is C[C@@H]1CCCC[C@H]1NC(=O)CN1C(=O)c2cccc3cccc1c23. The van der Waals surface area contributed by atoms with Crippen LogP contribution >= 0.6 is 0 Å². The Hall–Kier alpha value is -2.36. The lowest BCUT2D eigenvalue weighted by molar-refractivity contribution is -0.121. The molecule has 1 aliphatic heterocycles. The number of amides is 2. The van der Waals surface area contributed by atoms with E-state index in [0.29, 0.717) is 11.5 Å². The second-order valence-corrected chi connectivity index (χ2v) is 7.01. The lowest BCUT2D eigenvalue weighted by atomic mass is 9.86. The van der Waals surface area contributed by atoms with E-state index in [2.05, 4.69) is 12.2 Å². The van der Waals surface area contributed by atoms with Crippen LogP contribution in [0.5, 0.6) is 0 Å². The predicted octanol–water partition coefficient (Wildman–Crippen LogP) is 3.49. The van der Waals surface area contributed by atoms with Gasteiger partial charge in [0.15, 0.2) is 0 Å². The van der Waals surface area contributed by atoms with Crippen molar-refractivity contribution in [3.63, 3.8) is 0 Å². The van der Waals surface area contributed by atoms with Gasteiger partial charge in [0.25, 0.3) is 5.91 Å². The van der Waals surface area contributed by atoms with Gasteiger partial charge in [0.05, 0.1) is 5.69 Å². The van der Waals surface area contributed by atoms with Gasteiger partial charge >= 0.3 is 0 Å². The van der Waals surface area contributed by atoms with Gasteiger partial charge in [-0.3, -0.25) is 14.5 Å². The van der Waals surface area contributed by atoms with E-state index >= 15 is 0 Å². The largest absolute Gasteiger partial charge is 0.352 e. The molecule has 0 bridgehead atoms. The molecule has 2 amide bonds. The van der Waals surface area contributed by atoms with E-state index < -0.39 is 0 Å². The normalized spacial score (nSPS) is 22.9. The topological polar surface area (TPSA) is 49.4 Å². The van der Waals surface area contributed by atoms with Crippen LogP contribution in [0.15, 0.2) is 36.4 Å². The third-order valence-corrected chi connectivity index (χ3v) is 5.41. The summed E-state index contributed by atoms with van der Waals surface area (Å²) in [6.45, 7) is 2.29. The fourth-order valence-corrected chi connectivity index (χ4v) is 4.06. The third kappa shape index (κ3) is 2.46. The van der Waals surface area contributed by atoms with E-state index in [1.54, 1.807) is 4.90 Å². The van der Waals surface area contributed by atoms with Gasteiger partial charge < -0.3 is 5.32 Å². The van der Waals surface area contributed by atoms with Gasteiger partial charge in [0.2, 0.25) is 5.91 Å². The summed E-state index contributed by atoms with van der Waals surface area (Å²) in [6, 6.07) is 11.8. The quantitative estimate of drug-likeness (QED) is 0.940. The molecule has 0 radical (unpaired) electrons. The van der Waals surface area contributed by atoms with Gasteiger partial charge in [-0.1, -0.05) is 44.0 Å². The molecule has 0 aromatic heterocycles. The Bertz CT molecular complexity index is 809. The van der Waals surface area contributed by atoms with Crippen molar-refractivity contribution in [2.45, 2.75) is 38.6 Å². The number of anilines is 1. The maximum Gasteiger partial charge on any atom is 0.259 e. The average molecular weight is 322 g/mol. The van der Waals surface area contributed by atoms with Crippen molar-refractivity contribution >= 4 is 28.3 Å². The zero-order chi connectivity index (χ0) is 16.7. The van der Waals surface area contributed by atoms with Crippen LogP contribution in [0.2, 0.25) is 0 Å². The van der Waals surface area contributed by atoms with Gasteiger partial charge in [-0.2, -0.15) is 0 Å². The summed E-state index contributed by atoms with van der Waals surface area (Å²) in [5.41, 5.74) is 1.54. The first-order chi connectivity index (χ1) is 11.6. The molecule has 24 heavy (non-hydrogen) atoms. The molecule has 1 heterocycles. The molecule has 4 rings (SSSR count). The van der Waals surface area contributed by atoms with Crippen molar-refractivity contribution in [2.75, 3.05) is 11.4 Å². The molecule has 0 saturated heterocycles. The Morgan fingerprint density at radius 3 is 2.71 bits per heavy atom.